The minimum Gasteiger partial charge on any atom is -0.872 e. The molecule has 0 aliphatic heterocycles. The molecule has 0 amide bonds. The van der Waals surface area contributed by atoms with Crippen molar-refractivity contribution in [3.63, 3.8) is 0 Å². The van der Waals surface area contributed by atoms with Crippen molar-refractivity contribution in [3.05, 3.63) is 140 Å². The quantitative estimate of drug-likeness (QED) is 0.203. The molecule has 44 heavy (non-hydrogen) atoms. The number of hydrogen-bond donors (Lipinski definition) is 0. The molecule has 227 valence electrons. The molecule has 4 heteroatoms. The zero-order valence-corrected chi connectivity index (χ0v) is 31.7. The van der Waals surface area contributed by atoms with Gasteiger partial charge in [-0.1, -0.05) is 57.6 Å². The van der Waals surface area contributed by atoms with Crippen LogP contribution in [0.5, 0.6) is 11.5 Å². The van der Waals surface area contributed by atoms with Gasteiger partial charge < -0.3 is 10.2 Å². The van der Waals surface area contributed by atoms with Gasteiger partial charge in [0, 0.05) is 0 Å². The van der Waals surface area contributed by atoms with Crippen molar-refractivity contribution < 1.29 is 31.1 Å². The summed E-state index contributed by atoms with van der Waals surface area (Å²) in [7, 11) is 0. The van der Waals surface area contributed by atoms with Crippen LogP contribution in [-0.4, -0.2) is 5.92 Å². The fraction of sp³-hybridized carbons (Fsp3) is 0.300. The van der Waals surface area contributed by atoms with Crippen molar-refractivity contribution >= 4 is 18.1 Å². The van der Waals surface area contributed by atoms with Gasteiger partial charge in [0.15, 0.2) is 0 Å². The van der Waals surface area contributed by atoms with Crippen LogP contribution >= 0.6 is 0 Å². The van der Waals surface area contributed by atoms with E-state index in [1.54, 1.807) is 22.3 Å². The third kappa shape index (κ3) is 7.47. The van der Waals surface area contributed by atoms with Crippen molar-refractivity contribution in [3.8, 4) is 11.5 Å². The van der Waals surface area contributed by atoms with Gasteiger partial charge in [-0.15, -0.1) is 11.5 Å². The molecule has 6 rings (SSSR count). The molecule has 0 heterocycles. The molecule has 2 nitrogen and oxygen atoms in total. The van der Waals surface area contributed by atoms with E-state index in [-0.39, 0.29) is 11.5 Å². The largest absolute Gasteiger partial charge is 0.872 e. The number of hydrogen-bond acceptors (Lipinski definition) is 2. The molecule has 2 unspecified atom stereocenters. The molecule has 0 saturated heterocycles. The van der Waals surface area contributed by atoms with E-state index in [0.29, 0.717) is 0 Å². The zero-order valence-electron chi connectivity index (χ0n) is 28.1. The van der Waals surface area contributed by atoms with Crippen LogP contribution < -0.4 is 10.2 Å². The Kier molecular flexibility index (Phi) is 11.1. The third-order valence-electron chi connectivity index (χ3n) is 8.83. The van der Waals surface area contributed by atoms with Crippen LogP contribution in [0.3, 0.4) is 0 Å². The van der Waals surface area contributed by atoms with Crippen LogP contribution in [-0.2, 0) is 20.9 Å². The van der Waals surface area contributed by atoms with E-state index in [4.69, 9.17) is 0 Å². The molecule has 4 aromatic carbocycles. The average Bonchev–Trinajstić information content (AvgIpc) is 3.47. The summed E-state index contributed by atoms with van der Waals surface area (Å²) in [6, 6.07) is 26.0. The van der Waals surface area contributed by atoms with Gasteiger partial charge in [0.1, 0.15) is 0 Å². The van der Waals surface area contributed by atoms with Gasteiger partial charge in [0.05, 0.1) is 0 Å². The summed E-state index contributed by atoms with van der Waals surface area (Å²) in [5.74, 6) is -0.328. The van der Waals surface area contributed by atoms with Crippen LogP contribution in [0.25, 0.3) is 12.2 Å². The number of benzene rings is 4. The molecular formula is C40H47O2SiZr. The molecule has 0 radical (unpaired) electrons. The van der Waals surface area contributed by atoms with Crippen LogP contribution in [0, 0.1) is 41.5 Å². The molecule has 0 fully saturated rings. The van der Waals surface area contributed by atoms with Crippen molar-refractivity contribution in [2.75, 3.05) is 0 Å². The summed E-state index contributed by atoms with van der Waals surface area (Å²) >= 11 is -1.72. The molecule has 0 aromatic heterocycles. The molecular weight excluding hydrogens is 632 g/mol. The fourth-order valence-corrected chi connectivity index (χ4v) is 30.3. The van der Waals surface area contributed by atoms with Crippen molar-refractivity contribution in [1.82, 2.24) is 0 Å². The Morgan fingerprint density at radius 3 is 1.16 bits per heavy atom. The maximum Gasteiger partial charge on any atom is -0.0398 e. The molecule has 0 saturated carbocycles. The van der Waals surface area contributed by atoms with Crippen LogP contribution in [0.15, 0.2) is 83.9 Å². The van der Waals surface area contributed by atoms with Gasteiger partial charge in [0.25, 0.3) is 0 Å². The number of aryl methyl sites for hydroxylation is 6. The normalized spacial score (nSPS) is 16.2. The van der Waals surface area contributed by atoms with Crippen molar-refractivity contribution in [2.45, 2.75) is 75.7 Å². The third-order valence-corrected chi connectivity index (χ3v) is 31.0. The predicted octanol–water partition coefficient (Wildman–Crippen LogP) is 9.28. The van der Waals surface area contributed by atoms with E-state index in [9.17, 15) is 10.2 Å². The summed E-state index contributed by atoms with van der Waals surface area (Å²) in [5, 5.41) is 22.2. The van der Waals surface area contributed by atoms with Crippen molar-refractivity contribution in [1.29, 1.82) is 0 Å². The second-order valence-electron chi connectivity index (χ2n) is 13.0. The first-order chi connectivity index (χ1) is 20.8. The van der Waals surface area contributed by atoms with Gasteiger partial charge in [-0.3, -0.25) is 0 Å². The summed E-state index contributed by atoms with van der Waals surface area (Å²) in [4.78, 5) is 0. The Balaban J connectivity index is 0.000000182. The van der Waals surface area contributed by atoms with E-state index >= 15 is 0 Å². The summed E-state index contributed by atoms with van der Waals surface area (Å²) < 4.78 is 1.57. The molecule has 2 atom stereocenters. The Labute approximate surface area is 274 Å². The minimum atomic E-state index is -1.72. The molecule has 0 bridgehead atoms. The Morgan fingerprint density at radius 2 is 0.841 bits per heavy atom. The van der Waals surface area contributed by atoms with Crippen LogP contribution in [0.1, 0.15) is 76.7 Å². The molecule has 0 spiro atoms. The molecule has 4 aromatic rings. The Bertz CT molecular complexity index is 1550. The number of rotatable bonds is 3. The average molecular weight is 679 g/mol. The second kappa shape index (κ2) is 14.4. The second-order valence-corrected chi connectivity index (χ2v) is 33.1. The number of allylic oxidation sites excluding steroid dienone is 2. The topological polar surface area (TPSA) is 46.1 Å². The molecule has 2 aliphatic carbocycles. The SMILES string of the molecule is CC1=Cc2ccccc2[CH]1[Zr+2]([CH]1C(C)=Cc2ccccc21)[SiH](C)C.Cc1cc(C)c([O-])c(C)c1.Cc1cc(C)c([O-])c(C)c1. The van der Waals surface area contributed by atoms with Gasteiger partial charge in [0.2, 0.25) is 0 Å². The maximum absolute atomic E-state index is 11.1. The predicted molar refractivity (Wildman–Crippen MR) is 185 cm³/mol. The van der Waals surface area contributed by atoms with Gasteiger partial charge >= 0.3 is 155 Å². The van der Waals surface area contributed by atoms with E-state index in [2.05, 4.69) is 87.6 Å². The van der Waals surface area contributed by atoms with Gasteiger partial charge in [-0.2, -0.15) is 0 Å². The maximum atomic E-state index is 11.1. The first kappa shape index (κ1) is 33.9. The Hall–Kier alpha value is -2.94. The minimum absolute atomic E-state index is 0.172. The van der Waals surface area contributed by atoms with Crippen LogP contribution in [0.2, 0.25) is 13.1 Å². The van der Waals surface area contributed by atoms with Gasteiger partial charge in [-0.25, -0.2) is 0 Å². The van der Waals surface area contributed by atoms with E-state index in [1.165, 1.54) is 11.1 Å². The first-order valence-corrected chi connectivity index (χ1v) is 25.7. The van der Waals surface area contributed by atoms with E-state index in [0.717, 1.165) is 40.6 Å². The Morgan fingerprint density at radius 1 is 0.523 bits per heavy atom. The van der Waals surface area contributed by atoms with Gasteiger partial charge in [-0.05, 0) is 41.5 Å². The van der Waals surface area contributed by atoms with Crippen molar-refractivity contribution in [2.24, 2.45) is 0 Å². The summed E-state index contributed by atoms with van der Waals surface area (Å²) in [6.07, 6.45) is 4.94. The fourth-order valence-electron chi connectivity index (χ4n) is 7.01. The zero-order chi connectivity index (χ0) is 32.3. The molecule has 2 aliphatic rings. The monoisotopic (exact) mass is 677 g/mol. The van der Waals surface area contributed by atoms with Crippen LogP contribution in [0.4, 0.5) is 0 Å². The molecule has 0 N–H and O–H groups in total. The smallest absolute Gasteiger partial charge is 0.0398 e. The first-order valence-electron chi connectivity index (χ1n) is 15.7. The standard InChI is InChI=1S/2C10H9.2C9H12O.C2H7Si.Zr/c2*1-8-6-9-4-2-3-5-10(9)7-8;2*1-6-4-7(2)9(10)8(3)5-6;1-3-2;/h2*2-7H,1H3;2*4-5,10H,1-3H3;3H,1-2H3;/q;;;;;+2/p-2. The number of fused-ring (bicyclic) bond motifs is 2. The summed E-state index contributed by atoms with van der Waals surface area (Å²) in [6.45, 7) is 21.4. The summed E-state index contributed by atoms with van der Waals surface area (Å²) in [5.41, 5.74) is 15.2. The van der Waals surface area contributed by atoms with E-state index < -0.39 is 26.8 Å². The van der Waals surface area contributed by atoms with E-state index in [1.807, 2.05) is 65.8 Å².